The molecular weight excluding hydrogens is 333 g/mol. The smallest absolute Gasteiger partial charge is 0.307 e. The Morgan fingerprint density at radius 2 is 2.10 bits per heavy atom. The lowest BCUT2D eigenvalue weighted by Gasteiger charge is -2.17. The summed E-state index contributed by atoms with van der Waals surface area (Å²) >= 11 is 3.14. The highest BCUT2D eigenvalue weighted by Crippen LogP contribution is 2.25. The lowest BCUT2D eigenvalue weighted by molar-refractivity contribution is -0.141. The molecule has 0 bridgehead atoms. The number of halogens is 2. The first-order valence-electron chi connectivity index (χ1n) is 5.82. The zero-order valence-electron chi connectivity index (χ0n) is 11.2. The van der Waals surface area contributed by atoms with Gasteiger partial charge in [-0.05, 0) is 34.1 Å². The fraction of sp³-hybridized carbons (Fsp3) is 0.385. The van der Waals surface area contributed by atoms with Crippen molar-refractivity contribution >= 4 is 27.8 Å². The normalized spacial score (nSPS) is 10.0. The number of carbonyl (C=O) groups is 2. The predicted molar refractivity (Wildman–Crippen MR) is 73.9 cm³/mol. The first kappa shape index (κ1) is 16.4. The molecule has 7 heteroatoms. The molecule has 0 aliphatic heterocycles. The summed E-state index contributed by atoms with van der Waals surface area (Å²) in [6.07, 6.45) is 0.124. The van der Waals surface area contributed by atoms with Gasteiger partial charge in [-0.15, -0.1) is 0 Å². The Balaban J connectivity index is 2.44. The number of esters is 1. The average molecular weight is 348 g/mol. The fourth-order valence-electron chi connectivity index (χ4n) is 1.33. The number of carbonyl (C=O) groups excluding carboxylic acids is 2. The molecule has 0 atom stereocenters. The lowest BCUT2D eigenvalue weighted by Crippen LogP contribution is -2.33. The number of hydrogen-bond donors (Lipinski definition) is 0. The van der Waals surface area contributed by atoms with E-state index in [1.165, 1.54) is 30.2 Å². The van der Waals surface area contributed by atoms with Gasteiger partial charge in [-0.3, -0.25) is 9.59 Å². The molecule has 1 amide bonds. The molecular formula is C13H15BrFNO4. The minimum atomic E-state index is -0.397. The highest BCUT2D eigenvalue weighted by Gasteiger charge is 2.12. The second-order valence-electron chi connectivity index (χ2n) is 4.00. The summed E-state index contributed by atoms with van der Waals surface area (Å²) in [5.74, 6) is -0.691. The van der Waals surface area contributed by atoms with E-state index in [0.717, 1.165) is 0 Å². The van der Waals surface area contributed by atoms with E-state index in [2.05, 4.69) is 20.7 Å². The molecule has 0 unspecified atom stereocenters. The zero-order chi connectivity index (χ0) is 15.1. The number of amides is 1. The zero-order valence-corrected chi connectivity index (χ0v) is 12.8. The Morgan fingerprint density at radius 1 is 1.40 bits per heavy atom. The Labute approximate surface area is 124 Å². The highest BCUT2D eigenvalue weighted by molar-refractivity contribution is 9.10. The maximum absolute atomic E-state index is 12.9. The number of nitrogens with zero attached hydrogens (tertiary/aromatic N) is 1. The average Bonchev–Trinajstić information content (AvgIpc) is 2.42. The Morgan fingerprint density at radius 3 is 2.70 bits per heavy atom. The second-order valence-corrected chi connectivity index (χ2v) is 4.86. The van der Waals surface area contributed by atoms with Crippen LogP contribution in [0.3, 0.4) is 0 Å². The van der Waals surface area contributed by atoms with Crippen molar-refractivity contribution in [2.24, 2.45) is 0 Å². The first-order chi connectivity index (χ1) is 9.43. The van der Waals surface area contributed by atoms with Crippen LogP contribution < -0.4 is 4.74 Å². The lowest BCUT2D eigenvalue weighted by atomic mass is 10.3. The van der Waals surface area contributed by atoms with Gasteiger partial charge >= 0.3 is 5.97 Å². The van der Waals surface area contributed by atoms with Gasteiger partial charge in [0, 0.05) is 13.6 Å². The van der Waals surface area contributed by atoms with Crippen molar-refractivity contribution in [1.82, 2.24) is 4.90 Å². The van der Waals surface area contributed by atoms with Crippen molar-refractivity contribution in [1.29, 1.82) is 0 Å². The van der Waals surface area contributed by atoms with Crippen molar-refractivity contribution in [3.8, 4) is 5.75 Å². The minimum Gasteiger partial charge on any atom is -0.483 e. The van der Waals surface area contributed by atoms with Crippen LogP contribution in [0.2, 0.25) is 0 Å². The molecule has 0 radical (unpaired) electrons. The third-order valence-corrected chi connectivity index (χ3v) is 3.17. The summed E-state index contributed by atoms with van der Waals surface area (Å²) in [4.78, 5) is 24.1. The van der Waals surface area contributed by atoms with E-state index in [4.69, 9.17) is 4.74 Å². The Kier molecular flexibility index (Phi) is 6.44. The van der Waals surface area contributed by atoms with Crippen molar-refractivity contribution in [3.05, 3.63) is 28.5 Å². The van der Waals surface area contributed by atoms with E-state index in [0.29, 0.717) is 10.2 Å². The number of ether oxygens (including phenoxy) is 2. The van der Waals surface area contributed by atoms with Gasteiger partial charge < -0.3 is 14.4 Å². The Hall–Kier alpha value is -1.63. The number of hydrogen-bond acceptors (Lipinski definition) is 4. The Bertz CT molecular complexity index is 495. The summed E-state index contributed by atoms with van der Waals surface area (Å²) in [5.41, 5.74) is 0. The molecule has 0 aromatic heterocycles. The second kappa shape index (κ2) is 7.84. The summed E-state index contributed by atoms with van der Waals surface area (Å²) in [5, 5.41) is 0. The van der Waals surface area contributed by atoms with Gasteiger partial charge in [0.2, 0.25) is 0 Å². The molecule has 1 aromatic carbocycles. The standard InChI is InChI=1S/C13H15BrFNO4/c1-16(6-5-13(18)19-2)12(17)8-20-11-4-3-9(15)7-10(11)14/h3-4,7H,5-6,8H2,1-2H3. The van der Waals surface area contributed by atoms with Crippen molar-refractivity contribution in [2.45, 2.75) is 6.42 Å². The van der Waals surface area contributed by atoms with Crippen molar-refractivity contribution in [2.75, 3.05) is 27.3 Å². The topological polar surface area (TPSA) is 55.8 Å². The summed E-state index contributed by atoms with van der Waals surface area (Å²) in [6, 6.07) is 3.92. The maximum Gasteiger partial charge on any atom is 0.307 e. The number of rotatable bonds is 6. The van der Waals surface area contributed by atoms with Gasteiger partial charge in [-0.1, -0.05) is 0 Å². The van der Waals surface area contributed by atoms with Gasteiger partial charge in [0.15, 0.2) is 6.61 Å². The first-order valence-corrected chi connectivity index (χ1v) is 6.62. The van der Waals surface area contributed by atoms with E-state index >= 15 is 0 Å². The van der Waals surface area contributed by atoms with Crippen molar-refractivity contribution < 1.29 is 23.5 Å². The molecule has 1 rings (SSSR count). The molecule has 0 aliphatic carbocycles. The third-order valence-electron chi connectivity index (χ3n) is 2.55. The molecule has 0 heterocycles. The van der Waals surface area contributed by atoms with Crippen LogP contribution in [0.1, 0.15) is 6.42 Å². The van der Waals surface area contributed by atoms with Crippen LogP contribution >= 0.6 is 15.9 Å². The summed E-state index contributed by atoms with van der Waals surface area (Å²) in [6.45, 7) is 0.0569. The third kappa shape index (κ3) is 5.16. The van der Waals surface area contributed by atoms with E-state index in [1.807, 2.05) is 0 Å². The van der Waals surface area contributed by atoms with E-state index in [1.54, 1.807) is 7.05 Å². The molecule has 0 saturated carbocycles. The number of benzene rings is 1. The molecule has 0 saturated heterocycles. The number of likely N-dealkylation sites (N-methyl/N-ethyl adjacent to an activating group) is 1. The largest absolute Gasteiger partial charge is 0.483 e. The number of methoxy groups -OCH3 is 1. The van der Waals surface area contributed by atoms with Crippen LogP contribution in [0.5, 0.6) is 5.75 Å². The van der Waals surface area contributed by atoms with Gasteiger partial charge in [0.25, 0.3) is 5.91 Å². The molecule has 20 heavy (non-hydrogen) atoms. The van der Waals surface area contributed by atoms with E-state index in [9.17, 15) is 14.0 Å². The van der Waals surface area contributed by atoms with E-state index in [-0.39, 0.29) is 31.4 Å². The molecule has 5 nitrogen and oxygen atoms in total. The fourth-order valence-corrected chi connectivity index (χ4v) is 1.79. The maximum atomic E-state index is 12.9. The van der Waals surface area contributed by atoms with Gasteiger partial charge in [0.05, 0.1) is 18.0 Å². The summed E-state index contributed by atoms with van der Waals surface area (Å²) < 4.78 is 23.1. The highest BCUT2D eigenvalue weighted by atomic mass is 79.9. The van der Waals surface area contributed by atoms with Crippen LogP contribution in [0, 0.1) is 5.82 Å². The van der Waals surface area contributed by atoms with Crippen LogP contribution in [0.15, 0.2) is 22.7 Å². The van der Waals surface area contributed by atoms with Gasteiger partial charge in [-0.2, -0.15) is 0 Å². The molecule has 110 valence electrons. The van der Waals surface area contributed by atoms with Gasteiger partial charge in [0.1, 0.15) is 11.6 Å². The van der Waals surface area contributed by atoms with Crippen molar-refractivity contribution in [3.63, 3.8) is 0 Å². The molecule has 0 fully saturated rings. The van der Waals surface area contributed by atoms with Crippen LogP contribution in [0.4, 0.5) is 4.39 Å². The van der Waals surface area contributed by atoms with Crippen LogP contribution in [-0.2, 0) is 14.3 Å². The van der Waals surface area contributed by atoms with Crippen LogP contribution in [0.25, 0.3) is 0 Å². The SMILES string of the molecule is COC(=O)CCN(C)C(=O)COc1ccc(F)cc1Br. The predicted octanol–water partition coefficient (Wildman–Crippen LogP) is 1.99. The van der Waals surface area contributed by atoms with Gasteiger partial charge in [-0.25, -0.2) is 4.39 Å². The van der Waals surface area contributed by atoms with E-state index < -0.39 is 5.82 Å². The molecule has 0 N–H and O–H groups in total. The monoisotopic (exact) mass is 347 g/mol. The minimum absolute atomic E-state index is 0.124. The quantitative estimate of drug-likeness (QED) is 0.738. The molecule has 0 aliphatic rings. The molecule has 1 aromatic rings. The molecule has 0 spiro atoms. The van der Waals surface area contributed by atoms with Crippen LogP contribution in [-0.4, -0.2) is 44.1 Å². The summed E-state index contributed by atoms with van der Waals surface area (Å²) in [7, 11) is 2.85.